The molecule has 4 aromatic rings. The van der Waals surface area contributed by atoms with Gasteiger partial charge in [0.05, 0.1) is 17.0 Å². The summed E-state index contributed by atoms with van der Waals surface area (Å²) < 4.78 is 1.92. The van der Waals surface area contributed by atoms with Gasteiger partial charge in [0.1, 0.15) is 5.82 Å². The lowest BCUT2D eigenvalue weighted by molar-refractivity contribution is -0.255. The maximum atomic E-state index is 11.2. The molecule has 0 aliphatic carbocycles. The predicted molar refractivity (Wildman–Crippen MR) is 91.8 cm³/mol. The summed E-state index contributed by atoms with van der Waals surface area (Å²) in [5, 5.41) is 22.8. The zero-order valence-corrected chi connectivity index (χ0v) is 13.6. The Bertz CT molecular complexity index is 1130. The van der Waals surface area contributed by atoms with Gasteiger partial charge < -0.3 is 15.2 Å². The highest BCUT2D eigenvalue weighted by atomic mass is 16.4. The van der Waals surface area contributed by atoms with E-state index in [4.69, 9.17) is 0 Å². The number of hydrogen-bond donors (Lipinski definition) is 1. The molecule has 0 unspecified atom stereocenters. The number of nitrogens with one attached hydrogen (secondary N) is 1. The third-order valence-corrected chi connectivity index (χ3v) is 4.20. The van der Waals surface area contributed by atoms with Crippen molar-refractivity contribution in [2.45, 2.75) is 13.8 Å². The van der Waals surface area contributed by atoms with E-state index in [9.17, 15) is 9.90 Å². The van der Waals surface area contributed by atoms with Crippen molar-refractivity contribution in [2.75, 3.05) is 5.32 Å². The molecule has 0 bridgehead atoms. The average molecular weight is 332 g/mol. The van der Waals surface area contributed by atoms with E-state index >= 15 is 0 Å². The van der Waals surface area contributed by atoms with Gasteiger partial charge >= 0.3 is 0 Å². The number of aromatic nitrogens is 4. The largest absolute Gasteiger partial charge is 0.545 e. The first kappa shape index (κ1) is 15.1. The Kier molecular flexibility index (Phi) is 3.35. The van der Waals surface area contributed by atoms with Gasteiger partial charge in [-0.3, -0.25) is 4.40 Å². The molecule has 0 aliphatic rings. The van der Waals surface area contributed by atoms with Crippen molar-refractivity contribution >= 4 is 34.2 Å². The van der Waals surface area contributed by atoms with Gasteiger partial charge in [-0.2, -0.15) is 0 Å². The summed E-state index contributed by atoms with van der Waals surface area (Å²) in [6.45, 7) is 3.60. The summed E-state index contributed by atoms with van der Waals surface area (Å²) in [4.78, 5) is 15.9. The number of carboxylic acids is 1. The second kappa shape index (κ2) is 5.55. The number of benzene rings is 2. The van der Waals surface area contributed by atoms with E-state index in [1.165, 1.54) is 6.07 Å². The minimum Gasteiger partial charge on any atom is -0.545 e. The van der Waals surface area contributed by atoms with Gasteiger partial charge in [0.25, 0.3) is 0 Å². The summed E-state index contributed by atoms with van der Waals surface area (Å²) in [6, 6.07) is 12.7. The fourth-order valence-corrected chi connectivity index (χ4v) is 2.93. The maximum Gasteiger partial charge on any atom is 0.204 e. The molecule has 2 aromatic heterocycles. The molecule has 0 radical (unpaired) electrons. The van der Waals surface area contributed by atoms with Crippen LogP contribution in [0, 0.1) is 13.8 Å². The van der Waals surface area contributed by atoms with Crippen LogP contribution in [0.2, 0.25) is 0 Å². The molecule has 2 heterocycles. The predicted octanol–water partition coefficient (Wildman–Crippen LogP) is 2.00. The lowest BCUT2D eigenvalue weighted by Crippen LogP contribution is -2.23. The topological polar surface area (TPSA) is 95.2 Å². The number of rotatable bonds is 3. The minimum atomic E-state index is -1.21. The van der Waals surface area contributed by atoms with E-state index in [-0.39, 0.29) is 5.56 Å². The second-order valence-electron chi connectivity index (χ2n) is 5.75. The zero-order chi connectivity index (χ0) is 17.6. The number of anilines is 2. The normalized spacial score (nSPS) is 11.1. The molecule has 0 saturated heterocycles. The molecule has 0 fully saturated rings. The van der Waals surface area contributed by atoms with Crippen LogP contribution in [0.1, 0.15) is 21.7 Å². The van der Waals surface area contributed by atoms with Gasteiger partial charge in [-0.05, 0) is 37.6 Å². The van der Waals surface area contributed by atoms with Crippen molar-refractivity contribution in [2.24, 2.45) is 0 Å². The summed E-state index contributed by atoms with van der Waals surface area (Å²) in [5.74, 6) is 0.0471. The first-order chi connectivity index (χ1) is 12.1. The van der Waals surface area contributed by atoms with Crippen LogP contribution in [0.3, 0.4) is 0 Å². The highest BCUT2D eigenvalue weighted by molar-refractivity contribution is 5.91. The lowest BCUT2D eigenvalue weighted by Gasteiger charge is -2.14. The van der Waals surface area contributed by atoms with Gasteiger partial charge in [0.2, 0.25) is 5.65 Å². The van der Waals surface area contributed by atoms with E-state index < -0.39 is 5.97 Å². The molecule has 0 saturated carbocycles. The SMILES string of the molecule is Cc1c(Nc2nc3ccccc3n3c(C)nnc23)cccc1C(=O)[O-]. The fraction of sp³-hybridized carbons (Fsp3) is 0.111. The number of fused-ring (bicyclic) bond motifs is 3. The molecular formula is C18H14N5O2-. The smallest absolute Gasteiger partial charge is 0.204 e. The highest BCUT2D eigenvalue weighted by Gasteiger charge is 2.14. The van der Waals surface area contributed by atoms with Crippen molar-refractivity contribution in [1.29, 1.82) is 0 Å². The van der Waals surface area contributed by atoms with Crippen LogP contribution >= 0.6 is 0 Å². The second-order valence-corrected chi connectivity index (χ2v) is 5.75. The maximum absolute atomic E-state index is 11.2. The Hall–Kier alpha value is -3.48. The summed E-state index contributed by atoms with van der Waals surface area (Å²) in [6.07, 6.45) is 0. The molecule has 7 nitrogen and oxygen atoms in total. The first-order valence-electron chi connectivity index (χ1n) is 7.74. The van der Waals surface area contributed by atoms with Crippen molar-refractivity contribution in [1.82, 2.24) is 19.6 Å². The van der Waals surface area contributed by atoms with E-state index in [0.717, 1.165) is 16.9 Å². The Labute approximate surface area is 143 Å². The van der Waals surface area contributed by atoms with Crippen LogP contribution in [0.15, 0.2) is 42.5 Å². The fourth-order valence-electron chi connectivity index (χ4n) is 2.93. The van der Waals surface area contributed by atoms with Crippen LogP contribution in [-0.4, -0.2) is 25.6 Å². The van der Waals surface area contributed by atoms with E-state index in [1.54, 1.807) is 19.1 Å². The molecule has 4 rings (SSSR count). The number of para-hydroxylation sites is 2. The Balaban J connectivity index is 1.93. The molecular weight excluding hydrogens is 318 g/mol. The highest BCUT2D eigenvalue weighted by Crippen LogP contribution is 2.27. The minimum absolute atomic E-state index is 0.138. The summed E-state index contributed by atoms with van der Waals surface area (Å²) in [7, 11) is 0. The molecule has 124 valence electrons. The molecule has 25 heavy (non-hydrogen) atoms. The monoisotopic (exact) mass is 332 g/mol. The number of nitrogens with zero attached hydrogens (tertiary/aromatic N) is 4. The molecule has 2 aromatic carbocycles. The van der Waals surface area contributed by atoms with Crippen LogP contribution in [0.4, 0.5) is 11.5 Å². The number of carboxylic acid groups (broad SMARTS) is 1. The van der Waals surface area contributed by atoms with Crippen LogP contribution < -0.4 is 10.4 Å². The molecule has 0 spiro atoms. The van der Waals surface area contributed by atoms with Crippen molar-refractivity contribution < 1.29 is 9.90 Å². The molecule has 1 N–H and O–H groups in total. The number of carbonyl (C=O) groups excluding carboxylic acids is 1. The van der Waals surface area contributed by atoms with Crippen LogP contribution in [-0.2, 0) is 0 Å². The van der Waals surface area contributed by atoms with Gasteiger partial charge in [0.15, 0.2) is 5.82 Å². The number of aromatic carboxylic acids is 1. The molecule has 0 amide bonds. The standard InChI is InChI=1S/C18H15N5O2/c1-10-12(18(24)25)6-5-8-13(10)19-16-17-22-21-11(2)23(17)15-9-4-3-7-14(15)20-16/h3-9H,1-2H3,(H,19,20)(H,24,25)/p-1. The van der Waals surface area contributed by atoms with Crippen molar-refractivity contribution in [3.63, 3.8) is 0 Å². The Morgan fingerprint density at radius 1 is 1.08 bits per heavy atom. The van der Waals surface area contributed by atoms with Gasteiger partial charge in [-0.1, -0.05) is 24.3 Å². The van der Waals surface area contributed by atoms with E-state index in [0.29, 0.717) is 22.7 Å². The van der Waals surface area contributed by atoms with Gasteiger partial charge in [0, 0.05) is 11.3 Å². The van der Waals surface area contributed by atoms with Gasteiger partial charge in [-0.25, -0.2) is 4.98 Å². The van der Waals surface area contributed by atoms with Crippen molar-refractivity contribution in [3.8, 4) is 0 Å². The lowest BCUT2D eigenvalue weighted by atomic mass is 10.1. The third kappa shape index (κ3) is 2.37. The summed E-state index contributed by atoms with van der Waals surface area (Å²) >= 11 is 0. The third-order valence-electron chi connectivity index (χ3n) is 4.20. The van der Waals surface area contributed by atoms with Crippen molar-refractivity contribution in [3.05, 3.63) is 59.4 Å². The first-order valence-corrected chi connectivity index (χ1v) is 7.74. The molecule has 0 atom stereocenters. The number of aryl methyl sites for hydroxylation is 1. The quantitative estimate of drug-likeness (QED) is 0.616. The molecule has 7 heteroatoms. The zero-order valence-electron chi connectivity index (χ0n) is 13.6. The van der Waals surface area contributed by atoms with Crippen LogP contribution in [0.5, 0.6) is 0 Å². The Morgan fingerprint density at radius 3 is 2.68 bits per heavy atom. The van der Waals surface area contributed by atoms with Crippen LogP contribution in [0.25, 0.3) is 16.7 Å². The van der Waals surface area contributed by atoms with E-state index in [1.807, 2.05) is 35.6 Å². The number of carbonyl (C=O) groups is 1. The molecule has 0 aliphatic heterocycles. The number of hydrogen-bond acceptors (Lipinski definition) is 6. The van der Waals surface area contributed by atoms with Gasteiger partial charge in [-0.15, -0.1) is 10.2 Å². The average Bonchev–Trinajstić information content (AvgIpc) is 2.99. The Morgan fingerprint density at radius 2 is 1.88 bits per heavy atom. The summed E-state index contributed by atoms with van der Waals surface area (Å²) in [5.41, 5.74) is 3.62. The van der Waals surface area contributed by atoms with E-state index in [2.05, 4.69) is 20.5 Å².